The molecule has 3 saturated carbocycles. The molecule has 1 saturated heterocycles. The third-order valence-electron chi connectivity index (χ3n) is 9.51. The summed E-state index contributed by atoms with van der Waals surface area (Å²) in [5.41, 5.74) is 11.7. The number of piperidine rings is 1. The lowest BCUT2D eigenvalue weighted by molar-refractivity contribution is 0.180. The summed E-state index contributed by atoms with van der Waals surface area (Å²) in [6, 6.07) is 1.25. The van der Waals surface area contributed by atoms with Crippen molar-refractivity contribution in [3.63, 3.8) is 0 Å². The van der Waals surface area contributed by atoms with E-state index in [1.807, 2.05) is 6.33 Å². The van der Waals surface area contributed by atoms with Gasteiger partial charge in [0.05, 0.1) is 6.33 Å². The second kappa shape index (κ2) is 15.2. The number of anilines is 2. The second-order valence-electron chi connectivity index (χ2n) is 12.2. The molecule has 4 fully saturated rings. The molecule has 3 heterocycles. The summed E-state index contributed by atoms with van der Waals surface area (Å²) in [4.78, 5) is 14.8. The standard InChI is InChI=1S/C28H46N8.3ClH/c29-22-10-12-23(13-11-22)31-28-32-26(25-27(33-28)36(19-30-25)24-8-4-5-9-24)34-35-16-14-21(15-17-35)18-20-6-2-1-3-7-20;;;/h19-24H,1-18,29H2,(H2,31,32,33,34);3*1H. The number of hydrogen-bond acceptors (Lipinski definition) is 7. The molecule has 11 heteroatoms. The lowest BCUT2D eigenvalue weighted by atomic mass is 9.80. The maximum atomic E-state index is 6.14. The molecule has 0 amide bonds. The quantitative estimate of drug-likeness (QED) is 0.317. The van der Waals surface area contributed by atoms with E-state index in [0.717, 1.165) is 73.5 Å². The van der Waals surface area contributed by atoms with E-state index in [1.165, 1.54) is 77.0 Å². The summed E-state index contributed by atoms with van der Waals surface area (Å²) in [7, 11) is 0. The van der Waals surface area contributed by atoms with Crippen LogP contribution in [0.1, 0.15) is 109 Å². The lowest BCUT2D eigenvalue weighted by Crippen LogP contribution is -2.39. The van der Waals surface area contributed by atoms with Gasteiger partial charge in [-0.2, -0.15) is 9.97 Å². The summed E-state index contributed by atoms with van der Waals surface area (Å²) in [6.07, 6.45) is 22.6. The van der Waals surface area contributed by atoms with Gasteiger partial charge < -0.3 is 21.0 Å². The van der Waals surface area contributed by atoms with E-state index in [1.54, 1.807) is 0 Å². The predicted molar refractivity (Wildman–Crippen MR) is 168 cm³/mol. The Morgan fingerprint density at radius 1 is 0.769 bits per heavy atom. The van der Waals surface area contributed by atoms with Crippen molar-refractivity contribution in [1.82, 2.24) is 24.5 Å². The van der Waals surface area contributed by atoms with E-state index in [9.17, 15) is 0 Å². The van der Waals surface area contributed by atoms with Gasteiger partial charge in [0.25, 0.3) is 0 Å². The van der Waals surface area contributed by atoms with Crippen molar-refractivity contribution in [2.75, 3.05) is 23.8 Å². The Balaban J connectivity index is 0.00000140. The number of nitrogens with one attached hydrogen (secondary N) is 2. The molecule has 8 nitrogen and oxygen atoms in total. The number of nitrogens with two attached hydrogens (primary N) is 1. The van der Waals surface area contributed by atoms with Gasteiger partial charge in [0.15, 0.2) is 17.0 Å². The van der Waals surface area contributed by atoms with Crippen LogP contribution < -0.4 is 16.5 Å². The molecule has 0 radical (unpaired) electrons. The first-order valence-electron chi connectivity index (χ1n) is 15.0. The average molecular weight is 604 g/mol. The van der Waals surface area contributed by atoms with Gasteiger partial charge in [0, 0.05) is 31.2 Å². The molecule has 0 unspecified atom stereocenters. The predicted octanol–water partition coefficient (Wildman–Crippen LogP) is 6.90. The zero-order valence-corrected chi connectivity index (χ0v) is 25.7. The van der Waals surface area contributed by atoms with E-state index in [2.05, 4.69) is 20.3 Å². The SMILES string of the molecule is Cl.Cl.Cl.NC1CCC(Nc2nc(NN3CCC(CC4CCCCC4)CC3)c3ncn(C4CCCC4)c3n2)CC1. The van der Waals surface area contributed by atoms with Crippen molar-refractivity contribution in [1.29, 1.82) is 0 Å². The van der Waals surface area contributed by atoms with Gasteiger partial charge >= 0.3 is 0 Å². The highest BCUT2D eigenvalue weighted by Crippen LogP contribution is 2.35. The van der Waals surface area contributed by atoms with Crippen LogP contribution >= 0.6 is 37.2 Å². The van der Waals surface area contributed by atoms with Crippen LogP contribution in [0.3, 0.4) is 0 Å². The molecule has 0 bridgehead atoms. The Morgan fingerprint density at radius 3 is 2.10 bits per heavy atom. The molecule has 2 aromatic heterocycles. The Hall–Kier alpha value is -1.06. The molecule has 6 rings (SSSR count). The third-order valence-corrected chi connectivity index (χ3v) is 9.51. The first kappa shape index (κ1) is 32.5. The fraction of sp³-hybridized carbons (Fsp3) is 0.821. The van der Waals surface area contributed by atoms with Crippen molar-refractivity contribution in [2.45, 2.75) is 121 Å². The zero-order chi connectivity index (χ0) is 24.3. The average Bonchev–Trinajstić information content (AvgIpc) is 3.58. The van der Waals surface area contributed by atoms with Crippen molar-refractivity contribution >= 4 is 60.2 Å². The molecule has 0 spiro atoms. The normalized spacial score (nSPS) is 25.5. The molecular formula is C28H49Cl3N8. The minimum Gasteiger partial charge on any atom is -0.351 e. The highest BCUT2D eigenvalue weighted by atomic mass is 35.5. The Bertz CT molecular complexity index is 992. The lowest BCUT2D eigenvalue weighted by Gasteiger charge is -2.34. The van der Waals surface area contributed by atoms with Crippen molar-refractivity contribution in [3.8, 4) is 0 Å². The highest BCUT2D eigenvalue weighted by molar-refractivity contribution is 5.86. The number of halogens is 3. The van der Waals surface area contributed by atoms with Crippen LogP contribution in [0.25, 0.3) is 11.2 Å². The van der Waals surface area contributed by atoms with Crippen molar-refractivity contribution < 1.29 is 0 Å². The number of aromatic nitrogens is 4. The van der Waals surface area contributed by atoms with E-state index >= 15 is 0 Å². The fourth-order valence-electron chi connectivity index (χ4n) is 7.28. The Kier molecular flexibility index (Phi) is 12.7. The fourth-order valence-corrected chi connectivity index (χ4v) is 7.28. The van der Waals surface area contributed by atoms with Crippen molar-refractivity contribution in [3.05, 3.63) is 6.33 Å². The Morgan fingerprint density at radius 2 is 1.41 bits per heavy atom. The molecule has 2 aromatic rings. The largest absolute Gasteiger partial charge is 0.351 e. The smallest absolute Gasteiger partial charge is 0.227 e. The van der Waals surface area contributed by atoms with Gasteiger partial charge in [-0.05, 0) is 69.6 Å². The second-order valence-corrected chi connectivity index (χ2v) is 12.2. The zero-order valence-electron chi connectivity index (χ0n) is 23.2. The summed E-state index contributed by atoms with van der Waals surface area (Å²) in [5, 5.41) is 6.03. The number of nitrogens with zero attached hydrogens (tertiary/aromatic N) is 5. The van der Waals surface area contributed by atoms with E-state index in [-0.39, 0.29) is 37.2 Å². The first-order valence-corrected chi connectivity index (χ1v) is 15.0. The van der Waals surface area contributed by atoms with Gasteiger partial charge in [0.1, 0.15) is 0 Å². The van der Waals surface area contributed by atoms with Crippen LogP contribution in [0.2, 0.25) is 0 Å². The summed E-state index contributed by atoms with van der Waals surface area (Å²) in [5.74, 6) is 3.45. The molecule has 4 N–H and O–H groups in total. The maximum Gasteiger partial charge on any atom is 0.227 e. The van der Waals surface area contributed by atoms with Crippen LogP contribution in [0.15, 0.2) is 6.33 Å². The van der Waals surface area contributed by atoms with Crippen LogP contribution in [0.5, 0.6) is 0 Å². The molecule has 0 aromatic carbocycles. The van der Waals surface area contributed by atoms with E-state index in [4.69, 9.17) is 20.7 Å². The molecule has 3 aliphatic carbocycles. The number of fused-ring (bicyclic) bond motifs is 1. The van der Waals surface area contributed by atoms with Crippen LogP contribution in [-0.2, 0) is 0 Å². The third kappa shape index (κ3) is 8.03. The minimum absolute atomic E-state index is 0. The van der Waals surface area contributed by atoms with E-state index < -0.39 is 0 Å². The van der Waals surface area contributed by atoms with Gasteiger partial charge in [0.2, 0.25) is 5.95 Å². The van der Waals surface area contributed by atoms with Crippen LogP contribution in [0.4, 0.5) is 11.8 Å². The van der Waals surface area contributed by atoms with E-state index in [0.29, 0.717) is 18.1 Å². The number of hydrogen-bond donors (Lipinski definition) is 3. The molecule has 0 atom stereocenters. The number of imidazole rings is 1. The molecule has 39 heavy (non-hydrogen) atoms. The van der Waals surface area contributed by atoms with Crippen LogP contribution in [-0.4, -0.2) is 49.7 Å². The molecule has 222 valence electrons. The highest BCUT2D eigenvalue weighted by Gasteiger charge is 2.27. The van der Waals surface area contributed by atoms with Gasteiger partial charge in [-0.3, -0.25) is 0 Å². The first-order chi connectivity index (χ1) is 17.7. The molecule has 1 aliphatic heterocycles. The maximum absolute atomic E-state index is 6.14. The molecular weight excluding hydrogens is 555 g/mol. The topological polar surface area (TPSA) is 96.9 Å². The van der Waals surface area contributed by atoms with Crippen molar-refractivity contribution in [2.24, 2.45) is 17.6 Å². The van der Waals surface area contributed by atoms with Gasteiger partial charge in [-0.1, -0.05) is 44.9 Å². The summed E-state index contributed by atoms with van der Waals surface area (Å²) in [6.45, 7) is 2.16. The van der Waals surface area contributed by atoms with Gasteiger partial charge in [-0.15, -0.1) is 37.2 Å². The monoisotopic (exact) mass is 602 g/mol. The number of hydrazine groups is 1. The number of rotatable bonds is 7. The van der Waals surface area contributed by atoms with Gasteiger partial charge in [-0.25, -0.2) is 9.99 Å². The summed E-state index contributed by atoms with van der Waals surface area (Å²) < 4.78 is 2.31. The molecule has 4 aliphatic rings. The minimum atomic E-state index is 0. The summed E-state index contributed by atoms with van der Waals surface area (Å²) >= 11 is 0. The Labute approximate surface area is 252 Å². The van der Waals surface area contributed by atoms with Crippen LogP contribution in [0, 0.1) is 11.8 Å².